The average Bonchev–Trinajstić information content (AvgIpc) is 2.80. The first-order valence-corrected chi connectivity index (χ1v) is 6.21. The van der Waals surface area contributed by atoms with Gasteiger partial charge in [0, 0.05) is 17.5 Å². The first-order chi connectivity index (χ1) is 10.5. The third-order valence-electron chi connectivity index (χ3n) is 3.04. The van der Waals surface area contributed by atoms with Gasteiger partial charge in [0.2, 0.25) is 5.88 Å². The number of halogens is 1. The molecule has 0 fully saturated rings. The molecule has 1 aromatic heterocycles. The number of nitrogens with one attached hydrogen (secondary N) is 1. The van der Waals surface area contributed by atoms with Crippen molar-refractivity contribution in [1.82, 2.24) is 4.98 Å². The second-order valence-corrected chi connectivity index (χ2v) is 4.49. The summed E-state index contributed by atoms with van der Waals surface area (Å²) in [6.45, 7) is 0. The zero-order chi connectivity index (χ0) is 15.7. The molecule has 0 atom stereocenters. The fourth-order valence-electron chi connectivity index (χ4n) is 1.99. The summed E-state index contributed by atoms with van der Waals surface area (Å²) >= 11 is 0. The fourth-order valence-corrected chi connectivity index (χ4v) is 1.99. The number of benzene rings is 2. The number of rotatable bonds is 3. The number of fused-ring (bicyclic) bond motifs is 1. The molecule has 0 aliphatic carbocycles. The van der Waals surface area contributed by atoms with Gasteiger partial charge in [0.25, 0.3) is 5.69 Å². The molecule has 2 aromatic carbocycles. The Balaban J connectivity index is 1.96. The van der Waals surface area contributed by atoms with Gasteiger partial charge in [0.15, 0.2) is 5.69 Å². The maximum atomic E-state index is 13.3. The number of nitro groups is 1. The van der Waals surface area contributed by atoms with Crippen LogP contribution in [0.25, 0.3) is 10.9 Å². The van der Waals surface area contributed by atoms with Crippen LogP contribution in [-0.2, 0) is 0 Å². The summed E-state index contributed by atoms with van der Waals surface area (Å²) in [7, 11) is 0. The van der Waals surface area contributed by atoms with Crippen molar-refractivity contribution in [3.05, 3.63) is 58.4 Å². The van der Waals surface area contributed by atoms with E-state index < -0.39 is 10.7 Å². The molecule has 0 saturated carbocycles. The highest BCUT2D eigenvalue weighted by atomic mass is 19.1. The van der Waals surface area contributed by atoms with Gasteiger partial charge in [-0.15, -0.1) is 5.11 Å². The van der Waals surface area contributed by atoms with Gasteiger partial charge in [-0.1, -0.05) is 0 Å². The average molecular weight is 300 g/mol. The highest BCUT2D eigenvalue weighted by Gasteiger charge is 2.11. The fraction of sp³-hybridized carbons (Fsp3) is 0. The molecule has 8 heteroatoms. The molecule has 7 nitrogen and oxygen atoms in total. The molecular weight excluding hydrogens is 291 g/mol. The van der Waals surface area contributed by atoms with Gasteiger partial charge in [-0.2, -0.15) is 5.11 Å². The molecule has 0 bridgehead atoms. The minimum Gasteiger partial charge on any atom is -0.493 e. The van der Waals surface area contributed by atoms with Gasteiger partial charge in [0.1, 0.15) is 5.82 Å². The summed E-state index contributed by atoms with van der Waals surface area (Å²) in [5.41, 5.74) is 0.941. The van der Waals surface area contributed by atoms with Gasteiger partial charge in [-0.25, -0.2) is 4.39 Å². The van der Waals surface area contributed by atoms with Crippen LogP contribution < -0.4 is 0 Å². The molecule has 0 saturated heterocycles. The Labute approximate surface area is 122 Å². The Kier molecular flexibility index (Phi) is 3.26. The van der Waals surface area contributed by atoms with Crippen molar-refractivity contribution in [3.63, 3.8) is 0 Å². The monoisotopic (exact) mass is 300 g/mol. The van der Waals surface area contributed by atoms with Crippen LogP contribution >= 0.6 is 0 Å². The first-order valence-electron chi connectivity index (χ1n) is 6.21. The van der Waals surface area contributed by atoms with Gasteiger partial charge < -0.3 is 10.1 Å². The number of hydrogen-bond acceptors (Lipinski definition) is 5. The lowest BCUT2D eigenvalue weighted by atomic mass is 10.2. The summed E-state index contributed by atoms with van der Waals surface area (Å²) in [4.78, 5) is 12.7. The Hall–Kier alpha value is -3.29. The Bertz CT molecular complexity index is 887. The van der Waals surface area contributed by atoms with Crippen LogP contribution in [0.15, 0.2) is 52.7 Å². The van der Waals surface area contributed by atoms with Crippen LogP contribution in [0.5, 0.6) is 5.88 Å². The Morgan fingerprint density at radius 3 is 2.55 bits per heavy atom. The largest absolute Gasteiger partial charge is 0.493 e. The van der Waals surface area contributed by atoms with E-state index in [1.807, 2.05) is 0 Å². The van der Waals surface area contributed by atoms with E-state index in [0.717, 1.165) is 0 Å². The lowest BCUT2D eigenvalue weighted by molar-refractivity contribution is -0.384. The summed E-state index contributed by atoms with van der Waals surface area (Å²) in [5.74, 6) is -0.690. The normalized spacial score (nSPS) is 11.3. The zero-order valence-electron chi connectivity index (χ0n) is 11.0. The van der Waals surface area contributed by atoms with Crippen molar-refractivity contribution < 1.29 is 14.4 Å². The highest BCUT2D eigenvalue weighted by molar-refractivity contribution is 5.94. The quantitative estimate of drug-likeness (QED) is 0.427. The Morgan fingerprint density at radius 2 is 1.86 bits per heavy atom. The van der Waals surface area contributed by atoms with Crippen LogP contribution in [0.1, 0.15) is 0 Å². The van der Waals surface area contributed by atoms with Crippen LogP contribution in [0.4, 0.5) is 21.5 Å². The van der Waals surface area contributed by atoms with Crippen LogP contribution in [0.3, 0.4) is 0 Å². The predicted octanol–water partition coefficient (Wildman–Crippen LogP) is 4.34. The second-order valence-electron chi connectivity index (χ2n) is 4.49. The van der Waals surface area contributed by atoms with E-state index in [1.165, 1.54) is 42.5 Å². The predicted molar refractivity (Wildman–Crippen MR) is 77.2 cm³/mol. The van der Waals surface area contributed by atoms with Crippen LogP contribution in [-0.4, -0.2) is 15.0 Å². The van der Waals surface area contributed by atoms with Crippen molar-refractivity contribution in [2.24, 2.45) is 10.2 Å². The molecule has 3 aromatic rings. The van der Waals surface area contributed by atoms with Crippen molar-refractivity contribution in [1.29, 1.82) is 0 Å². The highest BCUT2D eigenvalue weighted by Crippen LogP contribution is 2.36. The minimum atomic E-state index is -0.519. The van der Waals surface area contributed by atoms with Crippen molar-refractivity contribution >= 4 is 28.0 Å². The van der Waals surface area contributed by atoms with E-state index in [2.05, 4.69) is 15.2 Å². The van der Waals surface area contributed by atoms with Crippen LogP contribution in [0, 0.1) is 15.9 Å². The Morgan fingerprint density at radius 1 is 1.14 bits per heavy atom. The van der Waals surface area contributed by atoms with E-state index in [4.69, 9.17) is 0 Å². The maximum absolute atomic E-state index is 13.3. The molecule has 22 heavy (non-hydrogen) atoms. The van der Waals surface area contributed by atoms with E-state index in [-0.39, 0.29) is 17.3 Å². The number of nitro benzene ring substituents is 1. The van der Waals surface area contributed by atoms with Crippen molar-refractivity contribution in [2.45, 2.75) is 0 Å². The van der Waals surface area contributed by atoms with E-state index in [1.54, 1.807) is 0 Å². The zero-order valence-corrected chi connectivity index (χ0v) is 11.0. The summed E-state index contributed by atoms with van der Waals surface area (Å²) in [6.07, 6.45) is 0. The number of aromatic amines is 1. The van der Waals surface area contributed by atoms with E-state index in [9.17, 15) is 19.6 Å². The number of aromatic nitrogens is 1. The topological polar surface area (TPSA) is 104 Å². The third kappa shape index (κ3) is 2.49. The summed E-state index contributed by atoms with van der Waals surface area (Å²) in [5, 5.41) is 28.5. The number of aromatic hydroxyl groups is 1. The van der Waals surface area contributed by atoms with Gasteiger partial charge in [0.05, 0.1) is 16.1 Å². The molecule has 110 valence electrons. The molecule has 2 N–H and O–H groups in total. The summed E-state index contributed by atoms with van der Waals surface area (Å²) in [6, 6.07) is 9.41. The van der Waals surface area contributed by atoms with Crippen molar-refractivity contribution in [3.8, 4) is 5.88 Å². The molecule has 0 spiro atoms. The third-order valence-corrected chi connectivity index (χ3v) is 3.04. The molecule has 0 amide bonds. The molecule has 1 heterocycles. The van der Waals surface area contributed by atoms with E-state index in [0.29, 0.717) is 16.6 Å². The first kappa shape index (κ1) is 13.7. The van der Waals surface area contributed by atoms with Crippen LogP contribution in [0.2, 0.25) is 0 Å². The number of hydrogen-bond donors (Lipinski definition) is 2. The smallest absolute Gasteiger partial charge is 0.269 e. The lowest BCUT2D eigenvalue weighted by Gasteiger charge is -1.94. The number of non-ortho nitro benzene ring substituents is 1. The molecule has 0 aliphatic rings. The maximum Gasteiger partial charge on any atom is 0.269 e. The van der Waals surface area contributed by atoms with Crippen molar-refractivity contribution in [2.75, 3.05) is 0 Å². The van der Waals surface area contributed by atoms with E-state index >= 15 is 0 Å². The molecule has 3 rings (SSSR count). The molecule has 0 aliphatic heterocycles. The standard InChI is InChI=1S/C14H9FN4O3/c15-8-1-6-12-11(7-8)13(14(20)16-12)18-17-9-2-4-10(5-3-9)19(21)22/h1-7,16,20H. The number of H-pyrrole nitrogens is 1. The van der Waals surface area contributed by atoms with Gasteiger partial charge >= 0.3 is 0 Å². The molecule has 0 radical (unpaired) electrons. The summed E-state index contributed by atoms with van der Waals surface area (Å²) < 4.78 is 13.3. The lowest BCUT2D eigenvalue weighted by Crippen LogP contribution is -1.85. The molecule has 0 unspecified atom stereocenters. The number of nitrogens with zero attached hydrogens (tertiary/aromatic N) is 3. The SMILES string of the molecule is O=[N+]([O-])c1ccc(N=Nc2c(O)[nH]c3ccc(F)cc23)cc1. The number of azo groups is 1. The van der Waals surface area contributed by atoms with Gasteiger partial charge in [-0.3, -0.25) is 10.1 Å². The molecular formula is C14H9FN4O3. The second kappa shape index (κ2) is 5.24. The van der Waals surface area contributed by atoms with Gasteiger partial charge in [-0.05, 0) is 30.3 Å². The minimum absolute atomic E-state index is 0.0593.